The second kappa shape index (κ2) is 9.40. The van der Waals surface area contributed by atoms with Crippen LogP contribution in [0.25, 0.3) is 0 Å². The van der Waals surface area contributed by atoms with Crippen molar-refractivity contribution >= 4 is 23.2 Å². The van der Waals surface area contributed by atoms with Gasteiger partial charge in [-0.25, -0.2) is 4.39 Å². The molecule has 0 fully saturated rings. The molecule has 0 aliphatic rings. The first-order valence-electron chi connectivity index (χ1n) is 8.87. The van der Waals surface area contributed by atoms with Gasteiger partial charge in [0, 0.05) is 22.5 Å². The zero-order chi connectivity index (χ0) is 21.6. The quantitative estimate of drug-likeness (QED) is 0.603. The number of alkyl halides is 3. The van der Waals surface area contributed by atoms with Crippen molar-refractivity contribution in [1.29, 1.82) is 0 Å². The Balaban J connectivity index is 2.07. The fraction of sp³-hybridized carbons (Fsp3) is 0.300. The number of rotatable bonds is 7. The molecule has 29 heavy (non-hydrogen) atoms. The molecule has 2 amide bonds. The van der Waals surface area contributed by atoms with Gasteiger partial charge in [-0.05, 0) is 37.1 Å². The van der Waals surface area contributed by atoms with Gasteiger partial charge in [0.05, 0.1) is 6.54 Å². The Kier molecular flexibility index (Phi) is 7.19. The Bertz CT molecular complexity index is 898. The van der Waals surface area contributed by atoms with Crippen LogP contribution in [-0.2, 0) is 11.2 Å². The van der Waals surface area contributed by atoms with Crippen molar-refractivity contribution in [3.05, 3.63) is 58.9 Å². The van der Waals surface area contributed by atoms with Crippen LogP contribution in [0.2, 0.25) is 0 Å². The lowest BCUT2D eigenvalue weighted by atomic mass is 10.1. The van der Waals surface area contributed by atoms with Gasteiger partial charge in [-0.3, -0.25) is 9.59 Å². The minimum atomic E-state index is -4.58. The lowest BCUT2D eigenvalue weighted by molar-refractivity contribution is -0.123. The van der Waals surface area contributed by atoms with Gasteiger partial charge in [-0.1, -0.05) is 25.1 Å². The topological polar surface area (TPSA) is 70.2 Å². The van der Waals surface area contributed by atoms with Crippen LogP contribution in [0.1, 0.15) is 28.4 Å². The maximum atomic E-state index is 14.1. The van der Waals surface area contributed by atoms with Gasteiger partial charge in [0.25, 0.3) is 5.91 Å². The van der Waals surface area contributed by atoms with Gasteiger partial charge in [-0.2, -0.15) is 13.2 Å². The Morgan fingerprint density at radius 3 is 2.41 bits per heavy atom. The number of carbonyl (C=O) groups is 2. The summed E-state index contributed by atoms with van der Waals surface area (Å²) in [5.41, 5.74) is 1.60. The maximum absolute atomic E-state index is 14.1. The molecule has 0 aliphatic carbocycles. The van der Waals surface area contributed by atoms with Crippen LogP contribution in [0.5, 0.6) is 0 Å². The van der Waals surface area contributed by atoms with E-state index in [4.69, 9.17) is 0 Å². The SMILES string of the molecule is CCc1ccccc1NC(=O)CNc1cc(C(=O)NCC(F)(F)F)cc(F)c1C. The largest absolute Gasteiger partial charge is 0.405 e. The lowest BCUT2D eigenvalue weighted by Crippen LogP contribution is -2.33. The van der Waals surface area contributed by atoms with Crippen molar-refractivity contribution in [1.82, 2.24) is 5.32 Å². The molecule has 0 heterocycles. The van der Waals surface area contributed by atoms with E-state index in [-0.39, 0.29) is 23.4 Å². The Morgan fingerprint density at radius 2 is 1.76 bits per heavy atom. The van der Waals surface area contributed by atoms with E-state index in [0.717, 1.165) is 18.1 Å². The Hall–Kier alpha value is -3.10. The summed E-state index contributed by atoms with van der Waals surface area (Å²) in [6.45, 7) is 1.64. The molecule has 0 spiro atoms. The molecule has 9 heteroatoms. The van der Waals surface area contributed by atoms with Crippen molar-refractivity contribution in [3.8, 4) is 0 Å². The highest BCUT2D eigenvalue weighted by molar-refractivity contribution is 5.96. The summed E-state index contributed by atoms with van der Waals surface area (Å²) in [5.74, 6) is -2.23. The van der Waals surface area contributed by atoms with Crippen molar-refractivity contribution in [2.24, 2.45) is 0 Å². The monoisotopic (exact) mass is 411 g/mol. The van der Waals surface area contributed by atoms with Crippen molar-refractivity contribution in [3.63, 3.8) is 0 Å². The molecule has 5 nitrogen and oxygen atoms in total. The first-order chi connectivity index (χ1) is 13.6. The molecule has 0 radical (unpaired) electrons. The molecule has 2 aromatic carbocycles. The number of hydrogen-bond acceptors (Lipinski definition) is 3. The first-order valence-corrected chi connectivity index (χ1v) is 8.87. The summed E-state index contributed by atoms with van der Waals surface area (Å²) in [6, 6.07) is 9.33. The summed E-state index contributed by atoms with van der Waals surface area (Å²) in [5, 5.41) is 7.15. The summed E-state index contributed by atoms with van der Waals surface area (Å²) in [7, 11) is 0. The molecule has 0 saturated carbocycles. The molecule has 0 aromatic heterocycles. The number of nitrogens with one attached hydrogen (secondary N) is 3. The number of halogens is 4. The number of aryl methyl sites for hydroxylation is 1. The third-order valence-corrected chi connectivity index (χ3v) is 4.17. The molecule has 3 N–H and O–H groups in total. The molecule has 0 unspecified atom stereocenters. The predicted molar refractivity (Wildman–Crippen MR) is 102 cm³/mol. The van der Waals surface area contributed by atoms with E-state index in [9.17, 15) is 27.2 Å². The highest BCUT2D eigenvalue weighted by atomic mass is 19.4. The molecule has 0 atom stereocenters. The first kappa shape index (κ1) is 22.2. The number of carbonyl (C=O) groups excluding carboxylic acids is 2. The number of hydrogen-bond donors (Lipinski definition) is 3. The van der Waals surface area contributed by atoms with E-state index < -0.39 is 30.4 Å². The fourth-order valence-electron chi connectivity index (χ4n) is 2.60. The average Bonchev–Trinajstić information content (AvgIpc) is 2.67. The molecular weight excluding hydrogens is 390 g/mol. The molecule has 2 rings (SSSR count). The number of para-hydroxylation sites is 1. The molecule has 0 aliphatic heterocycles. The van der Waals surface area contributed by atoms with Gasteiger partial charge in [0.2, 0.25) is 5.91 Å². The highest BCUT2D eigenvalue weighted by Gasteiger charge is 2.28. The van der Waals surface area contributed by atoms with E-state index in [0.29, 0.717) is 5.69 Å². The standard InChI is InChI=1S/C20H21F4N3O2/c1-3-13-6-4-5-7-16(13)27-18(28)10-25-17-9-14(8-15(21)12(17)2)19(29)26-11-20(22,23)24/h4-9,25H,3,10-11H2,1-2H3,(H,26,29)(H,27,28). The summed E-state index contributed by atoms with van der Waals surface area (Å²) in [6.07, 6.45) is -3.85. The van der Waals surface area contributed by atoms with Crippen LogP contribution in [0, 0.1) is 12.7 Å². The van der Waals surface area contributed by atoms with Gasteiger partial charge in [-0.15, -0.1) is 0 Å². The summed E-state index contributed by atoms with van der Waals surface area (Å²) in [4.78, 5) is 24.1. The van der Waals surface area contributed by atoms with Gasteiger partial charge in [0.1, 0.15) is 12.4 Å². The van der Waals surface area contributed by atoms with Crippen molar-refractivity contribution in [2.45, 2.75) is 26.4 Å². The van der Waals surface area contributed by atoms with E-state index in [2.05, 4.69) is 10.6 Å². The third-order valence-electron chi connectivity index (χ3n) is 4.17. The van der Waals surface area contributed by atoms with E-state index in [1.807, 2.05) is 19.1 Å². The van der Waals surface area contributed by atoms with Gasteiger partial charge in [0.15, 0.2) is 0 Å². The predicted octanol–water partition coefficient (Wildman–Crippen LogP) is 4.04. The van der Waals surface area contributed by atoms with E-state index in [1.165, 1.54) is 13.0 Å². The Morgan fingerprint density at radius 1 is 1.07 bits per heavy atom. The number of anilines is 2. The Labute approximate surface area is 165 Å². The molecule has 156 valence electrons. The van der Waals surface area contributed by atoms with Crippen LogP contribution < -0.4 is 16.0 Å². The second-order valence-electron chi connectivity index (χ2n) is 6.34. The fourth-order valence-corrected chi connectivity index (χ4v) is 2.60. The van der Waals surface area contributed by atoms with Crippen molar-refractivity contribution in [2.75, 3.05) is 23.7 Å². The highest BCUT2D eigenvalue weighted by Crippen LogP contribution is 2.22. The van der Waals surface area contributed by atoms with Gasteiger partial charge < -0.3 is 16.0 Å². The third kappa shape index (κ3) is 6.48. The van der Waals surface area contributed by atoms with Crippen LogP contribution in [0.3, 0.4) is 0 Å². The number of benzene rings is 2. The minimum Gasteiger partial charge on any atom is -0.376 e. The summed E-state index contributed by atoms with van der Waals surface area (Å²) < 4.78 is 50.9. The molecule has 0 saturated heterocycles. The second-order valence-corrected chi connectivity index (χ2v) is 6.34. The lowest BCUT2D eigenvalue weighted by Gasteiger charge is -2.14. The summed E-state index contributed by atoms with van der Waals surface area (Å²) >= 11 is 0. The smallest absolute Gasteiger partial charge is 0.376 e. The van der Waals surface area contributed by atoms with E-state index in [1.54, 1.807) is 17.4 Å². The zero-order valence-corrected chi connectivity index (χ0v) is 15.9. The molecule has 2 aromatic rings. The van der Waals surface area contributed by atoms with Crippen molar-refractivity contribution < 1.29 is 27.2 Å². The van der Waals surface area contributed by atoms with Gasteiger partial charge >= 0.3 is 6.18 Å². The zero-order valence-electron chi connectivity index (χ0n) is 15.9. The van der Waals surface area contributed by atoms with E-state index >= 15 is 0 Å². The van der Waals surface area contributed by atoms with Crippen LogP contribution in [0.15, 0.2) is 36.4 Å². The van der Waals surface area contributed by atoms with Crippen LogP contribution in [0.4, 0.5) is 28.9 Å². The van der Waals surface area contributed by atoms with Crippen LogP contribution >= 0.6 is 0 Å². The van der Waals surface area contributed by atoms with Crippen LogP contribution in [-0.4, -0.2) is 31.1 Å². The average molecular weight is 411 g/mol. The normalized spacial score (nSPS) is 11.1. The number of amides is 2. The molecular formula is C20H21F4N3O2. The minimum absolute atomic E-state index is 0.138. The maximum Gasteiger partial charge on any atom is 0.405 e. The molecule has 0 bridgehead atoms.